The number of carbonyl (C=O) groups is 2. The molecule has 1 unspecified atom stereocenters. The number of hydrogen-bond donors (Lipinski definition) is 2. The number of nitrogens with one attached hydrogen (secondary N) is 1. The molecule has 0 saturated carbocycles. The molecule has 3 N–H and O–H groups in total. The maximum Gasteiger partial charge on any atom is 0.244 e. The highest BCUT2D eigenvalue weighted by Crippen LogP contribution is 2.22. The Morgan fingerprint density at radius 2 is 1.53 bits per heavy atom. The molecule has 1 heterocycles. The van der Waals surface area contributed by atoms with E-state index in [1.165, 1.54) is 0 Å². The van der Waals surface area contributed by atoms with E-state index in [-0.39, 0.29) is 12.3 Å². The van der Waals surface area contributed by atoms with Crippen LogP contribution in [0.4, 0.5) is 0 Å². The molecule has 4 aromatic rings. The summed E-state index contributed by atoms with van der Waals surface area (Å²) in [6, 6.07) is 25.9. The van der Waals surface area contributed by atoms with E-state index in [0.29, 0.717) is 12.0 Å². The van der Waals surface area contributed by atoms with Gasteiger partial charge in [0, 0.05) is 18.5 Å². The summed E-state index contributed by atoms with van der Waals surface area (Å²) >= 11 is 0. The van der Waals surface area contributed by atoms with Crippen LogP contribution in [0.15, 0.2) is 84.9 Å². The summed E-state index contributed by atoms with van der Waals surface area (Å²) in [5.74, 6) is -0.0618. The van der Waals surface area contributed by atoms with Gasteiger partial charge in [0.2, 0.25) is 11.8 Å². The highest BCUT2D eigenvalue weighted by atomic mass is 16.2. The molecule has 30 heavy (non-hydrogen) atoms. The molecule has 0 aliphatic rings. The molecule has 2 amide bonds. The lowest BCUT2D eigenvalue weighted by molar-refractivity contribution is -0.127. The third-order valence-electron chi connectivity index (χ3n) is 4.94. The van der Waals surface area contributed by atoms with Crippen LogP contribution in [0, 0.1) is 0 Å². The summed E-state index contributed by atoms with van der Waals surface area (Å²) in [4.78, 5) is 29.2. The SMILES string of the molecule is NC(=O)C(NC(=O)CCc1nc2ccccc2n1-c1ccccc1)c1ccccc1. The number of benzene rings is 3. The van der Waals surface area contributed by atoms with E-state index in [1.54, 1.807) is 24.3 Å². The third-order valence-corrected chi connectivity index (χ3v) is 4.94. The molecular weight excluding hydrogens is 376 g/mol. The normalized spacial score (nSPS) is 11.9. The zero-order valence-corrected chi connectivity index (χ0v) is 16.4. The molecule has 150 valence electrons. The molecule has 0 aliphatic carbocycles. The van der Waals surface area contributed by atoms with Crippen molar-refractivity contribution in [2.45, 2.75) is 18.9 Å². The highest BCUT2D eigenvalue weighted by Gasteiger charge is 2.20. The van der Waals surface area contributed by atoms with Gasteiger partial charge in [-0.2, -0.15) is 0 Å². The van der Waals surface area contributed by atoms with Crippen molar-refractivity contribution in [2.75, 3.05) is 0 Å². The van der Waals surface area contributed by atoms with Crippen molar-refractivity contribution in [3.8, 4) is 5.69 Å². The van der Waals surface area contributed by atoms with Gasteiger partial charge in [-0.25, -0.2) is 4.98 Å². The molecule has 0 aliphatic heterocycles. The second-order valence-corrected chi connectivity index (χ2v) is 7.00. The Hall–Kier alpha value is -3.93. The summed E-state index contributed by atoms with van der Waals surface area (Å²) in [5.41, 5.74) is 9.01. The molecule has 1 aromatic heterocycles. The average Bonchev–Trinajstić information content (AvgIpc) is 3.15. The van der Waals surface area contributed by atoms with E-state index in [2.05, 4.69) is 9.88 Å². The van der Waals surface area contributed by atoms with Gasteiger partial charge in [-0.05, 0) is 29.8 Å². The van der Waals surface area contributed by atoms with Crippen molar-refractivity contribution in [1.29, 1.82) is 0 Å². The lowest BCUT2D eigenvalue weighted by Crippen LogP contribution is -2.37. The summed E-state index contributed by atoms with van der Waals surface area (Å²) in [5, 5.41) is 2.75. The Balaban J connectivity index is 1.55. The van der Waals surface area contributed by atoms with Gasteiger partial charge in [0.25, 0.3) is 0 Å². The van der Waals surface area contributed by atoms with Crippen LogP contribution in [0.2, 0.25) is 0 Å². The van der Waals surface area contributed by atoms with Gasteiger partial charge >= 0.3 is 0 Å². The van der Waals surface area contributed by atoms with Crippen molar-refractivity contribution < 1.29 is 9.59 Å². The van der Waals surface area contributed by atoms with Crippen LogP contribution in [0.25, 0.3) is 16.7 Å². The number of aromatic nitrogens is 2. The van der Waals surface area contributed by atoms with E-state index < -0.39 is 11.9 Å². The second kappa shape index (κ2) is 8.61. The van der Waals surface area contributed by atoms with Crippen LogP contribution in [0.3, 0.4) is 0 Å². The van der Waals surface area contributed by atoms with E-state index in [9.17, 15) is 9.59 Å². The van der Waals surface area contributed by atoms with E-state index in [0.717, 1.165) is 22.5 Å². The zero-order chi connectivity index (χ0) is 20.9. The first-order chi connectivity index (χ1) is 14.6. The molecule has 1 atom stereocenters. The fraction of sp³-hybridized carbons (Fsp3) is 0.125. The van der Waals surface area contributed by atoms with Crippen molar-refractivity contribution in [3.63, 3.8) is 0 Å². The van der Waals surface area contributed by atoms with Crippen LogP contribution >= 0.6 is 0 Å². The van der Waals surface area contributed by atoms with E-state index >= 15 is 0 Å². The Kier molecular flexibility index (Phi) is 5.57. The van der Waals surface area contributed by atoms with Crippen molar-refractivity contribution in [3.05, 3.63) is 96.3 Å². The smallest absolute Gasteiger partial charge is 0.244 e. The number of carbonyl (C=O) groups excluding carboxylic acids is 2. The maximum absolute atomic E-state index is 12.6. The Morgan fingerprint density at radius 1 is 0.900 bits per heavy atom. The molecule has 0 radical (unpaired) electrons. The molecule has 3 aromatic carbocycles. The number of fused-ring (bicyclic) bond motifs is 1. The molecule has 4 rings (SSSR count). The van der Waals surface area contributed by atoms with Gasteiger partial charge in [-0.3, -0.25) is 14.2 Å². The minimum Gasteiger partial charge on any atom is -0.368 e. The largest absolute Gasteiger partial charge is 0.368 e. The first-order valence-electron chi connectivity index (χ1n) is 9.79. The minimum atomic E-state index is -0.855. The van der Waals surface area contributed by atoms with Gasteiger partial charge in [0.1, 0.15) is 11.9 Å². The molecule has 6 heteroatoms. The maximum atomic E-state index is 12.6. The topological polar surface area (TPSA) is 90.0 Å². The summed E-state index contributed by atoms with van der Waals surface area (Å²) < 4.78 is 2.06. The van der Waals surface area contributed by atoms with Crippen molar-refractivity contribution in [2.24, 2.45) is 5.73 Å². The monoisotopic (exact) mass is 398 g/mol. The quantitative estimate of drug-likeness (QED) is 0.500. The molecule has 0 spiro atoms. The van der Waals surface area contributed by atoms with Crippen LogP contribution in [0.1, 0.15) is 23.9 Å². The standard InChI is InChI=1S/C24H22N4O2/c25-24(30)23(17-9-3-1-4-10-17)27-22(29)16-15-21-26-19-13-7-8-14-20(19)28(21)18-11-5-2-6-12-18/h1-14,23H,15-16H2,(H2,25,30)(H,27,29). The first-order valence-corrected chi connectivity index (χ1v) is 9.79. The van der Waals surface area contributed by atoms with Gasteiger partial charge in [-0.15, -0.1) is 0 Å². The Morgan fingerprint density at radius 3 is 2.23 bits per heavy atom. The third kappa shape index (κ3) is 4.07. The fourth-order valence-electron chi connectivity index (χ4n) is 3.53. The number of nitrogens with zero attached hydrogens (tertiary/aromatic N) is 2. The fourth-order valence-corrected chi connectivity index (χ4v) is 3.53. The Bertz CT molecular complexity index is 1170. The van der Waals surface area contributed by atoms with E-state index in [1.807, 2.05) is 60.7 Å². The van der Waals surface area contributed by atoms with Gasteiger partial charge in [-0.1, -0.05) is 60.7 Å². The van der Waals surface area contributed by atoms with Crippen LogP contribution in [0.5, 0.6) is 0 Å². The number of hydrogen-bond acceptors (Lipinski definition) is 3. The summed E-state index contributed by atoms with van der Waals surface area (Å²) in [6.07, 6.45) is 0.614. The summed E-state index contributed by atoms with van der Waals surface area (Å²) in [6.45, 7) is 0. The van der Waals surface area contributed by atoms with Gasteiger partial charge in [0.05, 0.1) is 11.0 Å². The molecule has 0 saturated heterocycles. The molecule has 0 bridgehead atoms. The van der Waals surface area contributed by atoms with E-state index in [4.69, 9.17) is 10.7 Å². The van der Waals surface area contributed by atoms with Crippen LogP contribution in [-0.2, 0) is 16.0 Å². The lowest BCUT2D eigenvalue weighted by atomic mass is 10.1. The number of rotatable bonds is 7. The van der Waals surface area contributed by atoms with Gasteiger partial charge < -0.3 is 11.1 Å². The van der Waals surface area contributed by atoms with Crippen LogP contribution < -0.4 is 11.1 Å². The van der Waals surface area contributed by atoms with Crippen molar-refractivity contribution >= 4 is 22.8 Å². The predicted molar refractivity (Wildman–Crippen MR) is 116 cm³/mol. The van der Waals surface area contributed by atoms with Gasteiger partial charge in [0.15, 0.2) is 0 Å². The molecule has 6 nitrogen and oxygen atoms in total. The number of amides is 2. The minimum absolute atomic E-state index is 0.187. The predicted octanol–water partition coefficient (Wildman–Crippen LogP) is 3.30. The van der Waals surface area contributed by atoms with Crippen molar-refractivity contribution in [1.82, 2.24) is 14.9 Å². The lowest BCUT2D eigenvalue weighted by Gasteiger charge is -2.16. The first kappa shape index (κ1) is 19.4. The molecular formula is C24H22N4O2. The molecule has 0 fully saturated rings. The van der Waals surface area contributed by atoms with Crippen LogP contribution in [-0.4, -0.2) is 21.4 Å². The summed E-state index contributed by atoms with van der Waals surface area (Å²) in [7, 11) is 0. The Labute approximate surface area is 174 Å². The number of aryl methyl sites for hydroxylation is 1. The highest BCUT2D eigenvalue weighted by molar-refractivity contribution is 5.87. The average molecular weight is 398 g/mol. The number of primary amides is 1. The number of para-hydroxylation sites is 3. The number of nitrogens with two attached hydrogens (primary N) is 1. The number of imidazole rings is 1. The second-order valence-electron chi connectivity index (χ2n) is 7.00. The zero-order valence-electron chi connectivity index (χ0n) is 16.4.